The lowest BCUT2D eigenvalue weighted by atomic mass is 10.0. The van der Waals surface area contributed by atoms with E-state index in [2.05, 4.69) is 17.2 Å². The number of hydrogen-bond acceptors (Lipinski definition) is 3. The van der Waals surface area contributed by atoms with Crippen LogP contribution in [0.5, 0.6) is 0 Å². The number of anilines is 1. The molecule has 110 valence electrons. The van der Waals surface area contributed by atoms with Gasteiger partial charge in [-0.15, -0.1) is 0 Å². The van der Waals surface area contributed by atoms with Crippen molar-refractivity contribution in [1.29, 1.82) is 0 Å². The summed E-state index contributed by atoms with van der Waals surface area (Å²) in [5.41, 5.74) is 0.707. The first kappa shape index (κ1) is 13.9. The first-order valence-corrected chi connectivity index (χ1v) is 7.59. The molecule has 1 unspecified atom stereocenters. The number of piperidine rings is 1. The van der Waals surface area contributed by atoms with E-state index in [9.17, 15) is 4.79 Å². The van der Waals surface area contributed by atoms with Crippen molar-refractivity contribution >= 4 is 22.5 Å². The number of nitrogens with one attached hydrogen (secondary N) is 1. The Morgan fingerprint density at radius 2 is 2.05 bits per heavy atom. The van der Waals surface area contributed by atoms with Gasteiger partial charge in [-0.25, -0.2) is 4.98 Å². The molecule has 1 aliphatic heterocycles. The second-order valence-corrected chi connectivity index (χ2v) is 5.66. The molecule has 2 aromatic rings. The molecule has 0 bridgehead atoms. The van der Waals surface area contributed by atoms with Crippen LogP contribution in [0.15, 0.2) is 30.5 Å². The lowest BCUT2D eigenvalue weighted by Crippen LogP contribution is -2.42. The summed E-state index contributed by atoms with van der Waals surface area (Å²) >= 11 is 0. The lowest BCUT2D eigenvalue weighted by Gasteiger charge is -2.33. The van der Waals surface area contributed by atoms with Crippen LogP contribution in [-0.4, -0.2) is 35.4 Å². The molecular formula is C17H21N3O. The summed E-state index contributed by atoms with van der Waals surface area (Å²) in [6, 6.07) is 8.26. The number of amides is 1. The van der Waals surface area contributed by atoms with E-state index in [0.717, 1.165) is 36.0 Å². The first-order valence-electron chi connectivity index (χ1n) is 7.59. The maximum absolute atomic E-state index is 12.9. The Bertz CT molecular complexity index is 668. The average molecular weight is 283 g/mol. The van der Waals surface area contributed by atoms with Gasteiger partial charge in [0.05, 0.1) is 5.56 Å². The summed E-state index contributed by atoms with van der Waals surface area (Å²) in [7, 11) is 1.85. The van der Waals surface area contributed by atoms with Crippen molar-refractivity contribution in [2.75, 3.05) is 18.9 Å². The number of fused-ring (bicyclic) bond motifs is 1. The second kappa shape index (κ2) is 5.72. The predicted molar refractivity (Wildman–Crippen MR) is 85.6 cm³/mol. The zero-order chi connectivity index (χ0) is 14.8. The van der Waals surface area contributed by atoms with Crippen LogP contribution < -0.4 is 5.32 Å². The van der Waals surface area contributed by atoms with Gasteiger partial charge in [-0.05, 0) is 31.6 Å². The smallest absolute Gasteiger partial charge is 0.256 e. The number of likely N-dealkylation sites (tertiary alicyclic amines) is 1. The van der Waals surface area contributed by atoms with Crippen LogP contribution in [0.2, 0.25) is 0 Å². The highest BCUT2D eigenvalue weighted by molar-refractivity contribution is 6.09. The van der Waals surface area contributed by atoms with Gasteiger partial charge in [0, 0.05) is 31.2 Å². The Labute approximate surface area is 125 Å². The van der Waals surface area contributed by atoms with E-state index in [4.69, 9.17) is 0 Å². The zero-order valence-electron chi connectivity index (χ0n) is 12.6. The van der Waals surface area contributed by atoms with Gasteiger partial charge in [-0.2, -0.15) is 0 Å². The number of hydrogen-bond donors (Lipinski definition) is 1. The van der Waals surface area contributed by atoms with Crippen LogP contribution in [0.25, 0.3) is 10.8 Å². The highest BCUT2D eigenvalue weighted by atomic mass is 16.2. The summed E-state index contributed by atoms with van der Waals surface area (Å²) in [4.78, 5) is 19.3. The molecule has 0 spiro atoms. The van der Waals surface area contributed by atoms with Crippen LogP contribution >= 0.6 is 0 Å². The van der Waals surface area contributed by atoms with Crippen LogP contribution in [0.3, 0.4) is 0 Å². The third kappa shape index (κ3) is 2.46. The summed E-state index contributed by atoms with van der Waals surface area (Å²) in [5, 5.41) is 5.06. The minimum atomic E-state index is 0.105. The van der Waals surface area contributed by atoms with Crippen molar-refractivity contribution in [2.24, 2.45) is 0 Å². The predicted octanol–water partition coefficient (Wildman–Crippen LogP) is 3.29. The SMILES string of the molecule is CNc1ncc(C(=O)N2CCCCC2C)c2ccccc12. The molecule has 0 radical (unpaired) electrons. The van der Waals surface area contributed by atoms with Gasteiger partial charge in [-0.1, -0.05) is 24.3 Å². The molecule has 21 heavy (non-hydrogen) atoms. The molecule has 1 aromatic heterocycles. The average Bonchev–Trinajstić information content (AvgIpc) is 2.53. The van der Waals surface area contributed by atoms with Crippen molar-refractivity contribution in [1.82, 2.24) is 9.88 Å². The van der Waals surface area contributed by atoms with Crippen molar-refractivity contribution in [2.45, 2.75) is 32.2 Å². The molecule has 1 fully saturated rings. The summed E-state index contributed by atoms with van der Waals surface area (Å²) < 4.78 is 0. The second-order valence-electron chi connectivity index (χ2n) is 5.66. The number of benzene rings is 1. The first-order chi connectivity index (χ1) is 10.2. The molecule has 2 heterocycles. The van der Waals surface area contributed by atoms with Crippen molar-refractivity contribution < 1.29 is 4.79 Å². The Hall–Kier alpha value is -2.10. The van der Waals surface area contributed by atoms with E-state index < -0.39 is 0 Å². The molecule has 4 nitrogen and oxygen atoms in total. The number of nitrogens with zero attached hydrogens (tertiary/aromatic N) is 2. The molecule has 1 saturated heterocycles. The number of aromatic nitrogens is 1. The highest BCUT2D eigenvalue weighted by Crippen LogP contribution is 2.27. The maximum atomic E-state index is 12.9. The number of carbonyl (C=O) groups excluding carboxylic acids is 1. The molecule has 1 aromatic carbocycles. The van der Waals surface area contributed by atoms with Gasteiger partial charge < -0.3 is 10.2 Å². The van der Waals surface area contributed by atoms with E-state index in [1.54, 1.807) is 6.20 Å². The van der Waals surface area contributed by atoms with Gasteiger partial charge in [0.2, 0.25) is 0 Å². The lowest BCUT2D eigenvalue weighted by molar-refractivity contribution is 0.0637. The topological polar surface area (TPSA) is 45.2 Å². The van der Waals surface area contributed by atoms with Crippen LogP contribution in [0.4, 0.5) is 5.82 Å². The number of rotatable bonds is 2. The molecule has 4 heteroatoms. The Morgan fingerprint density at radius 3 is 2.76 bits per heavy atom. The van der Waals surface area contributed by atoms with Crippen LogP contribution in [0, 0.1) is 0 Å². The molecule has 0 saturated carbocycles. The maximum Gasteiger partial charge on any atom is 0.256 e. The van der Waals surface area contributed by atoms with E-state index in [0.29, 0.717) is 11.6 Å². The summed E-state index contributed by atoms with van der Waals surface area (Å²) in [6.07, 6.45) is 5.10. The van der Waals surface area contributed by atoms with E-state index in [1.165, 1.54) is 6.42 Å². The monoisotopic (exact) mass is 283 g/mol. The molecule has 1 aliphatic rings. The number of pyridine rings is 1. The fraction of sp³-hybridized carbons (Fsp3) is 0.412. The minimum absolute atomic E-state index is 0.105. The normalized spacial score (nSPS) is 18.8. The Balaban J connectivity index is 2.06. The molecule has 0 aliphatic carbocycles. The highest BCUT2D eigenvalue weighted by Gasteiger charge is 2.25. The third-order valence-corrected chi connectivity index (χ3v) is 4.33. The van der Waals surface area contributed by atoms with Crippen molar-refractivity contribution in [3.63, 3.8) is 0 Å². The Kier molecular flexibility index (Phi) is 3.78. The van der Waals surface area contributed by atoms with E-state index in [1.807, 2.05) is 36.2 Å². The Morgan fingerprint density at radius 1 is 1.29 bits per heavy atom. The fourth-order valence-corrected chi connectivity index (χ4v) is 3.12. The largest absolute Gasteiger partial charge is 0.373 e. The zero-order valence-corrected chi connectivity index (χ0v) is 12.6. The van der Waals surface area contributed by atoms with Crippen LogP contribution in [0.1, 0.15) is 36.5 Å². The van der Waals surface area contributed by atoms with Gasteiger partial charge in [0.1, 0.15) is 5.82 Å². The van der Waals surface area contributed by atoms with Gasteiger partial charge in [0.25, 0.3) is 5.91 Å². The van der Waals surface area contributed by atoms with Gasteiger partial charge in [0.15, 0.2) is 0 Å². The van der Waals surface area contributed by atoms with E-state index in [-0.39, 0.29) is 5.91 Å². The van der Waals surface area contributed by atoms with Crippen LogP contribution in [-0.2, 0) is 0 Å². The minimum Gasteiger partial charge on any atom is -0.373 e. The summed E-state index contributed by atoms with van der Waals surface area (Å²) in [5.74, 6) is 0.919. The van der Waals surface area contributed by atoms with E-state index >= 15 is 0 Å². The van der Waals surface area contributed by atoms with Crippen molar-refractivity contribution in [3.05, 3.63) is 36.0 Å². The quantitative estimate of drug-likeness (QED) is 0.920. The molecule has 1 N–H and O–H groups in total. The number of carbonyl (C=O) groups is 1. The fourth-order valence-electron chi connectivity index (χ4n) is 3.12. The van der Waals surface area contributed by atoms with Crippen molar-refractivity contribution in [3.8, 4) is 0 Å². The molecule has 1 amide bonds. The standard InChI is InChI=1S/C17H21N3O/c1-12-7-5-6-10-20(12)17(21)15-11-19-16(18-2)14-9-4-3-8-13(14)15/h3-4,8-9,11-12H,5-7,10H2,1-2H3,(H,18,19). The molecular weight excluding hydrogens is 262 g/mol. The van der Waals surface area contributed by atoms with Gasteiger partial charge >= 0.3 is 0 Å². The molecule has 3 rings (SSSR count). The van der Waals surface area contributed by atoms with Gasteiger partial charge in [-0.3, -0.25) is 4.79 Å². The summed E-state index contributed by atoms with van der Waals surface area (Å²) in [6.45, 7) is 2.98. The molecule has 1 atom stereocenters. The third-order valence-electron chi connectivity index (χ3n) is 4.33.